The van der Waals surface area contributed by atoms with Gasteiger partial charge in [0.2, 0.25) is 11.8 Å². The van der Waals surface area contributed by atoms with Gasteiger partial charge in [-0.25, -0.2) is 4.31 Å². The molecule has 36 heavy (non-hydrogen) atoms. The van der Waals surface area contributed by atoms with E-state index in [9.17, 15) is 18.4 Å². The van der Waals surface area contributed by atoms with Crippen LogP contribution in [0.25, 0.3) is 10.8 Å². The molecule has 2 atom stereocenters. The van der Waals surface area contributed by atoms with Gasteiger partial charge in [-0.3, -0.25) is 18.7 Å². The van der Waals surface area contributed by atoms with Crippen LogP contribution in [-0.4, -0.2) is 68.0 Å². The summed E-state index contributed by atoms with van der Waals surface area (Å²) in [6.45, 7) is 3.68. The number of carbonyl (C=O) groups excluding carboxylic acids is 2. The van der Waals surface area contributed by atoms with Crippen LogP contribution in [0, 0.1) is 18.3 Å². The van der Waals surface area contributed by atoms with Crippen LogP contribution in [0.5, 0.6) is 0 Å². The molecule has 0 spiro atoms. The number of hydrogen-bond acceptors (Lipinski definition) is 5. The molecule has 1 aliphatic heterocycles. The van der Waals surface area contributed by atoms with Crippen LogP contribution in [0.2, 0.25) is 0 Å². The van der Waals surface area contributed by atoms with Gasteiger partial charge in [-0.1, -0.05) is 48.4 Å². The molecule has 2 N–H and O–H groups in total. The Kier molecular flexibility index (Phi) is 8.42. The summed E-state index contributed by atoms with van der Waals surface area (Å²) in [5, 5.41) is 7.69. The number of hydrogen-bond donors (Lipinski definition) is 2. The van der Waals surface area contributed by atoms with Crippen molar-refractivity contribution in [3.8, 4) is 12.3 Å². The molecule has 1 aliphatic carbocycles. The van der Waals surface area contributed by atoms with E-state index in [-0.39, 0.29) is 37.5 Å². The van der Waals surface area contributed by atoms with Gasteiger partial charge in [-0.15, -0.1) is 6.42 Å². The first-order valence-electron chi connectivity index (χ1n) is 12.4. The fourth-order valence-corrected chi connectivity index (χ4v) is 5.49. The second-order valence-electron chi connectivity index (χ2n) is 9.81. The molecule has 2 fully saturated rings. The van der Waals surface area contributed by atoms with Crippen molar-refractivity contribution in [3.63, 3.8) is 0 Å². The van der Waals surface area contributed by atoms with Gasteiger partial charge in [0.15, 0.2) is 0 Å². The third-order valence-corrected chi connectivity index (χ3v) is 8.01. The van der Waals surface area contributed by atoms with Crippen molar-refractivity contribution < 1.29 is 18.4 Å². The molecule has 2 aromatic carbocycles. The predicted octanol–water partition coefficient (Wildman–Crippen LogP) is 2.11. The molecule has 4 rings (SSSR count). The van der Waals surface area contributed by atoms with E-state index in [1.807, 2.05) is 6.07 Å². The SMILES string of the molecule is C#CC1(NC(=O)CNC(=O)CN(CC2CCN(C(C)c3cccc4ccccc34)CC2)S(=O)[O-])CC1. The highest BCUT2D eigenvalue weighted by atomic mass is 32.2. The van der Waals surface area contributed by atoms with Gasteiger partial charge in [0, 0.05) is 23.9 Å². The zero-order valence-corrected chi connectivity index (χ0v) is 21.4. The summed E-state index contributed by atoms with van der Waals surface area (Å²) < 4.78 is 24.7. The van der Waals surface area contributed by atoms with E-state index in [2.05, 4.69) is 64.8 Å². The van der Waals surface area contributed by atoms with E-state index in [4.69, 9.17) is 6.42 Å². The minimum Gasteiger partial charge on any atom is -0.760 e. The van der Waals surface area contributed by atoms with Crippen molar-refractivity contribution in [2.24, 2.45) is 5.92 Å². The Hall–Kier alpha value is -2.77. The summed E-state index contributed by atoms with van der Waals surface area (Å²) in [7, 11) is 0. The van der Waals surface area contributed by atoms with Crippen LogP contribution in [-0.2, 0) is 20.9 Å². The average Bonchev–Trinajstić information content (AvgIpc) is 3.66. The maximum atomic E-state index is 12.3. The first-order chi connectivity index (χ1) is 17.3. The zero-order valence-electron chi connectivity index (χ0n) is 20.6. The standard InChI is InChI=1S/C27H34N4O4S/c1-3-27(13-14-27)29-25(32)17-28-26(33)19-31(36(34)35)18-21-11-15-30(16-12-21)20(2)23-10-6-8-22-7-4-5-9-24(22)23/h1,4-10,20-21H,11-19H2,2H3,(H,28,33)(H,29,32)(H,34,35)/p-1. The molecule has 1 heterocycles. The van der Waals surface area contributed by atoms with Crippen LogP contribution in [0.4, 0.5) is 0 Å². The third-order valence-electron chi connectivity index (χ3n) is 7.31. The summed E-state index contributed by atoms with van der Waals surface area (Å²) in [6, 6.07) is 15.0. The highest BCUT2D eigenvalue weighted by molar-refractivity contribution is 7.76. The number of benzene rings is 2. The van der Waals surface area contributed by atoms with Crippen LogP contribution in [0.3, 0.4) is 0 Å². The Balaban J connectivity index is 1.25. The molecular formula is C27H33N4O4S-. The van der Waals surface area contributed by atoms with Crippen LogP contribution in [0.1, 0.15) is 44.2 Å². The van der Waals surface area contributed by atoms with Gasteiger partial charge in [0.1, 0.15) is 5.54 Å². The summed E-state index contributed by atoms with van der Waals surface area (Å²) in [5.41, 5.74) is 0.717. The lowest BCUT2D eigenvalue weighted by Gasteiger charge is -2.38. The van der Waals surface area contributed by atoms with E-state index in [1.165, 1.54) is 16.3 Å². The number of fused-ring (bicyclic) bond motifs is 1. The highest BCUT2D eigenvalue weighted by Gasteiger charge is 2.42. The summed E-state index contributed by atoms with van der Waals surface area (Å²) in [6.07, 6.45) is 8.56. The molecule has 1 saturated heterocycles. The van der Waals surface area contributed by atoms with Gasteiger partial charge in [0.25, 0.3) is 0 Å². The molecule has 2 aliphatic rings. The van der Waals surface area contributed by atoms with E-state index >= 15 is 0 Å². The zero-order chi connectivity index (χ0) is 25.7. The Morgan fingerprint density at radius 3 is 2.56 bits per heavy atom. The van der Waals surface area contributed by atoms with Gasteiger partial charge >= 0.3 is 0 Å². The highest BCUT2D eigenvalue weighted by Crippen LogP contribution is 2.34. The molecular weight excluding hydrogens is 476 g/mol. The van der Waals surface area contributed by atoms with Crippen molar-refractivity contribution in [2.45, 2.75) is 44.2 Å². The Bertz CT molecular complexity index is 1160. The number of piperidine rings is 1. The number of nitrogens with one attached hydrogen (secondary N) is 2. The first kappa shape index (κ1) is 26.3. The van der Waals surface area contributed by atoms with Gasteiger partial charge in [-0.05, 0) is 68.0 Å². The van der Waals surface area contributed by atoms with E-state index < -0.39 is 22.7 Å². The number of terminal acetylenes is 1. The van der Waals surface area contributed by atoms with Crippen molar-refractivity contribution in [1.82, 2.24) is 19.8 Å². The van der Waals surface area contributed by atoms with E-state index in [1.54, 1.807) is 0 Å². The Morgan fingerprint density at radius 2 is 1.89 bits per heavy atom. The molecule has 2 amide bonds. The normalized spacial score (nSPS) is 19.4. The van der Waals surface area contributed by atoms with Crippen molar-refractivity contribution in [3.05, 3.63) is 48.0 Å². The fraction of sp³-hybridized carbons (Fsp3) is 0.481. The maximum absolute atomic E-state index is 12.3. The Labute approximate surface area is 215 Å². The average molecular weight is 510 g/mol. The van der Waals surface area contributed by atoms with Crippen LogP contribution >= 0.6 is 0 Å². The number of nitrogens with zero attached hydrogens (tertiary/aromatic N) is 2. The van der Waals surface area contributed by atoms with Crippen LogP contribution < -0.4 is 10.6 Å². The Morgan fingerprint density at radius 1 is 1.19 bits per heavy atom. The summed E-state index contributed by atoms with van der Waals surface area (Å²) in [5.74, 6) is 1.83. The molecule has 0 aromatic heterocycles. The lowest BCUT2D eigenvalue weighted by molar-refractivity contribution is -0.126. The topological polar surface area (TPSA) is 105 Å². The molecule has 2 aromatic rings. The monoisotopic (exact) mass is 509 g/mol. The fourth-order valence-electron chi connectivity index (χ4n) is 4.94. The number of amides is 2. The molecule has 9 heteroatoms. The lowest BCUT2D eigenvalue weighted by Crippen LogP contribution is -2.46. The molecule has 0 radical (unpaired) electrons. The summed E-state index contributed by atoms with van der Waals surface area (Å²) >= 11 is -2.53. The second-order valence-corrected chi connectivity index (χ2v) is 10.8. The van der Waals surface area contributed by atoms with E-state index in [0.717, 1.165) is 43.1 Å². The number of rotatable bonds is 10. The lowest BCUT2D eigenvalue weighted by atomic mass is 9.93. The van der Waals surface area contributed by atoms with Gasteiger partial charge < -0.3 is 15.2 Å². The molecule has 1 saturated carbocycles. The van der Waals surface area contributed by atoms with Gasteiger partial charge in [0.05, 0.1) is 13.1 Å². The van der Waals surface area contributed by atoms with E-state index in [0.29, 0.717) is 0 Å². The first-order valence-corrected chi connectivity index (χ1v) is 13.4. The van der Waals surface area contributed by atoms with Crippen molar-refractivity contribution >= 4 is 33.9 Å². The minimum atomic E-state index is -2.53. The molecule has 2 unspecified atom stereocenters. The smallest absolute Gasteiger partial charge is 0.240 e. The van der Waals surface area contributed by atoms with Crippen LogP contribution in [0.15, 0.2) is 42.5 Å². The maximum Gasteiger partial charge on any atom is 0.240 e. The van der Waals surface area contributed by atoms with Crippen molar-refractivity contribution in [2.75, 3.05) is 32.7 Å². The molecule has 8 nitrogen and oxygen atoms in total. The van der Waals surface area contributed by atoms with Gasteiger partial charge in [-0.2, -0.15) is 0 Å². The molecule has 0 bridgehead atoms. The number of likely N-dealkylation sites (tertiary alicyclic amines) is 1. The predicted molar refractivity (Wildman–Crippen MR) is 139 cm³/mol. The van der Waals surface area contributed by atoms with Crippen molar-refractivity contribution in [1.29, 1.82) is 0 Å². The number of carbonyl (C=O) groups is 2. The third kappa shape index (κ3) is 6.51. The largest absolute Gasteiger partial charge is 0.760 e. The second kappa shape index (κ2) is 11.5. The minimum absolute atomic E-state index is 0.167. The quantitative estimate of drug-likeness (QED) is 0.377. The molecule has 192 valence electrons. The summed E-state index contributed by atoms with van der Waals surface area (Å²) in [4.78, 5) is 26.7.